The summed E-state index contributed by atoms with van der Waals surface area (Å²) >= 11 is 0. The van der Waals surface area contributed by atoms with Gasteiger partial charge in [-0.1, -0.05) is 12.1 Å². The predicted molar refractivity (Wildman–Crippen MR) is 88.9 cm³/mol. The largest absolute Gasteiger partial charge is 0.487 e. The van der Waals surface area contributed by atoms with E-state index in [-0.39, 0.29) is 11.2 Å². The monoisotopic (exact) mass is 317 g/mol. The maximum Gasteiger partial charge on any atom is 0.123 e. The third kappa shape index (κ3) is 3.25. The summed E-state index contributed by atoms with van der Waals surface area (Å²) in [6.45, 7) is 9.85. The van der Waals surface area contributed by atoms with Crippen molar-refractivity contribution in [3.63, 3.8) is 0 Å². The number of ether oxygens (including phenoxy) is 3. The Morgan fingerprint density at radius 3 is 2.78 bits per heavy atom. The highest BCUT2D eigenvalue weighted by molar-refractivity contribution is 5.41. The van der Waals surface area contributed by atoms with Crippen LogP contribution in [0.15, 0.2) is 18.2 Å². The molecule has 4 heteroatoms. The summed E-state index contributed by atoms with van der Waals surface area (Å²) < 4.78 is 17.6. The normalized spacial score (nSPS) is 26.0. The molecule has 3 aliphatic heterocycles. The Morgan fingerprint density at radius 1 is 1.13 bits per heavy atom. The number of morpholine rings is 1. The zero-order valence-electron chi connectivity index (χ0n) is 14.3. The van der Waals surface area contributed by atoms with Gasteiger partial charge in [-0.25, -0.2) is 0 Å². The summed E-state index contributed by atoms with van der Waals surface area (Å²) in [5.74, 6) is 1.06. The van der Waals surface area contributed by atoms with Crippen LogP contribution >= 0.6 is 0 Å². The molecule has 4 rings (SSSR count). The van der Waals surface area contributed by atoms with Gasteiger partial charge >= 0.3 is 0 Å². The first-order valence-corrected chi connectivity index (χ1v) is 8.79. The van der Waals surface area contributed by atoms with Gasteiger partial charge in [0.25, 0.3) is 0 Å². The van der Waals surface area contributed by atoms with E-state index in [0.29, 0.717) is 0 Å². The minimum absolute atomic E-state index is 0.0261. The molecule has 0 aliphatic carbocycles. The summed E-state index contributed by atoms with van der Waals surface area (Å²) in [5, 5.41) is 0. The zero-order valence-corrected chi connectivity index (χ0v) is 14.3. The molecule has 1 aromatic rings. The number of hydrogen-bond acceptors (Lipinski definition) is 4. The number of nitrogens with zero attached hydrogens (tertiary/aromatic N) is 1. The predicted octanol–water partition coefficient (Wildman–Crippen LogP) is 2.78. The fourth-order valence-electron chi connectivity index (χ4n) is 4.12. The fraction of sp³-hybridized carbons (Fsp3) is 0.684. The van der Waals surface area contributed by atoms with Crippen molar-refractivity contribution >= 4 is 0 Å². The van der Waals surface area contributed by atoms with Crippen molar-refractivity contribution in [2.75, 3.05) is 32.9 Å². The van der Waals surface area contributed by atoms with Gasteiger partial charge < -0.3 is 14.2 Å². The van der Waals surface area contributed by atoms with Gasteiger partial charge in [0.05, 0.1) is 12.2 Å². The first kappa shape index (κ1) is 15.4. The lowest BCUT2D eigenvalue weighted by Crippen LogP contribution is -2.54. The Balaban J connectivity index is 1.44. The molecule has 0 radical (unpaired) electrons. The molecule has 2 saturated heterocycles. The molecule has 1 spiro atoms. The summed E-state index contributed by atoms with van der Waals surface area (Å²) in [4.78, 5) is 2.54. The molecule has 1 aromatic carbocycles. The Kier molecular flexibility index (Phi) is 3.87. The summed E-state index contributed by atoms with van der Waals surface area (Å²) in [7, 11) is 0. The highest BCUT2D eigenvalue weighted by atomic mass is 16.5. The van der Waals surface area contributed by atoms with Gasteiger partial charge in [-0.15, -0.1) is 0 Å². The van der Waals surface area contributed by atoms with Gasteiger partial charge in [0, 0.05) is 52.1 Å². The van der Waals surface area contributed by atoms with E-state index in [1.807, 2.05) is 0 Å². The standard InChI is InChI=1S/C19H27NO3/c1-18(2)12-16-11-15(3-4-17(16)23-18)13-20-7-10-22-19(14-20)5-8-21-9-6-19/h3-4,11H,5-10,12-14H2,1-2H3. The molecular weight excluding hydrogens is 290 g/mol. The number of fused-ring (bicyclic) bond motifs is 1. The molecule has 3 heterocycles. The molecule has 3 aliphatic rings. The number of rotatable bonds is 2. The van der Waals surface area contributed by atoms with E-state index in [2.05, 4.69) is 36.9 Å². The van der Waals surface area contributed by atoms with Gasteiger partial charge in [-0.3, -0.25) is 4.90 Å². The molecule has 23 heavy (non-hydrogen) atoms. The van der Waals surface area contributed by atoms with Gasteiger partial charge in [0.1, 0.15) is 11.4 Å². The van der Waals surface area contributed by atoms with E-state index in [1.54, 1.807) is 0 Å². The van der Waals surface area contributed by atoms with Gasteiger partial charge in [-0.2, -0.15) is 0 Å². The third-order valence-electron chi connectivity index (χ3n) is 5.27. The summed E-state index contributed by atoms with van der Waals surface area (Å²) in [6, 6.07) is 6.69. The third-order valence-corrected chi connectivity index (χ3v) is 5.27. The van der Waals surface area contributed by atoms with Crippen LogP contribution in [0.1, 0.15) is 37.8 Å². The topological polar surface area (TPSA) is 30.9 Å². The Labute approximate surface area is 138 Å². The maximum atomic E-state index is 6.13. The molecule has 126 valence electrons. The van der Waals surface area contributed by atoms with Crippen LogP contribution in [0.2, 0.25) is 0 Å². The second-order valence-electron chi connectivity index (χ2n) is 7.84. The van der Waals surface area contributed by atoms with Crippen molar-refractivity contribution in [2.24, 2.45) is 0 Å². The Morgan fingerprint density at radius 2 is 1.96 bits per heavy atom. The highest BCUT2D eigenvalue weighted by Gasteiger charge is 2.38. The smallest absolute Gasteiger partial charge is 0.123 e. The first-order chi connectivity index (χ1) is 11.0. The SMILES string of the molecule is CC1(C)Cc2cc(CN3CCOC4(CCOCC4)C3)ccc2O1. The van der Waals surface area contributed by atoms with Crippen LogP contribution < -0.4 is 4.74 Å². The van der Waals surface area contributed by atoms with Crippen LogP contribution in [-0.2, 0) is 22.4 Å². The molecule has 0 amide bonds. The fourth-order valence-corrected chi connectivity index (χ4v) is 4.12. The minimum atomic E-state index is -0.0634. The highest BCUT2D eigenvalue weighted by Crippen LogP contribution is 2.36. The average Bonchev–Trinajstić information content (AvgIpc) is 2.81. The lowest BCUT2D eigenvalue weighted by molar-refractivity contribution is -0.155. The quantitative estimate of drug-likeness (QED) is 0.839. The van der Waals surface area contributed by atoms with Crippen molar-refractivity contribution < 1.29 is 14.2 Å². The van der Waals surface area contributed by atoms with Crippen LogP contribution in [0, 0.1) is 0 Å². The Bertz CT molecular complexity index is 572. The van der Waals surface area contributed by atoms with Crippen molar-refractivity contribution in [3.05, 3.63) is 29.3 Å². The number of benzene rings is 1. The van der Waals surface area contributed by atoms with Gasteiger partial charge in [0.2, 0.25) is 0 Å². The van der Waals surface area contributed by atoms with Crippen molar-refractivity contribution in [1.29, 1.82) is 0 Å². The lowest BCUT2D eigenvalue weighted by Gasteiger charge is -2.44. The zero-order chi connectivity index (χ0) is 15.9. The molecular formula is C19H27NO3. The maximum absolute atomic E-state index is 6.13. The Hall–Kier alpha value is -1.10. The van der Waals surface area contributed by atoms with Gasteiger partial charge in [0.15, 0.2) is 0 Å². The van der Waals surface area contributed by atoms with Gasteiger partial charge in [-0.05, 0) is 31.0 Å². The van der Waals surface area contributed by atoms with Crippen molar-refractivity contribution in [3.8, 4) is 5.75 Å². The lowest BCUT2D eigenvalue weighted by atomic mass is 9.92. The summed E-state index contributed by atoms with van der Waals surface area (Å²) in [5.41, 5.74) is 2.69. The van der Waals surface area contributed by atoms with E-state index in [9.17, 15) is 0 Å². The molecule has 0 N–H and O–H groups in total. The molecule has 0 bridgehead atoms. The molecule has 4 nitrogen and oxygen atoms in total. The molecule has 0 atom stereocenters. The molecule has 0 saturated carbocycles. The van der Waals surface area contributed by atoms with Crippen LogP contribution in [0.3, 0.4) is 0 Å². The van der Waals surface area contributed by atoms with Crippen LogP contribution in [0.4, 0.5) is 0 Å². The van der Waals surface area contributed by atoms with E-state index in [4.69, 9.17) is 14.2 Å². The van der Waals surface area contributed by atoms with Crippen molar-refractivity contribution in [2.45, 2.75) is 50.9 Å². The average molecular weight is 317 g/mol. The van der Waals surface area contributed by atoms with E-state index in [1.165, 1.54) is 11.1 Å². The second-order valence-corrected chi connectivity index (χ2v) is 7.84. The minimum Gasteiger partial charge on any atom is -0.487 e. The molecule has 0 unspecified atom stereocenters. The van der Waals surface area contributed by atoms with Crippen LogP contribution in [-0.4, -0.2) is 49.0 Å². The number of hydrogen-bond donors (Lipinski definition) is 0. The van der Waals surface area contributed by atoms with E-state index in [0.717, 1.165) is 64.5 Å². The first-order valence-electron chi connectivity index (χ1n) is 8.79. The van der Waals surface area contributed by atoms with Crippen LogP contribution in [0.5, 0.6) is 5.75 Å². The van der Waals surface area contributed by atoms with Crippen molar-refractivity contribution in [1.82, 2.24) is 4.90 Å². The van der Waals surface area contributed by atoms with Crippen LogP contribution in [0.25, 0.3) is 0 Å². The van der Waals surface area contributed by atoms with E-state index >= 15 is 0 Å². The second kappa shape index (κ2) is 5.76. The molecule has 0 aromatic heterocycles. The van der Waals surface area contributed by atoms with E-state index < -0.39 is 0 Å². The summed E-state index contributed by atoms with van der Waals surface area (Å²) in [6.07, 6.45) is 3.05. The molecule has 2 fully saturated rings.